The molecular weight excluding hydrogens is 228 g/mol. The fourth-order valence-electron chi connectivity index (χ4n) is 2.49. The Morgan fingerprint density at radius 3 is 2.82 bits per heavy atom. The largest absolute Gasteiger partial charge is 0.310 e. The Morgan fingerprint density at radius 2 is 2.18 bits per heavy atom. The van der Waals surface area contributed by atoms with Crippen LogP contribution in [0.15, 0.2) is 12.7 Å². The molecule has 0 bridgehead atoms. The van der Waals surface area contributed by atoms with Gasteiger partial charge >= 0.3 is 0 Å². The lowest BCUT2D eigenvalue weighted by atomic mass is 9.92. The van der Waals surface area contributed by atoms with Crippen LogP contribution in [0.4, 0.5) is 0 Å². The molecule has 0 unspecified atom stereocenters. The third-order valence-electron chi connectivity index (χ3n) is 3.82. The Kier molecular flexibility index (Phi) is 7.24. The van der Waals surface area contributed by atoms with Gasteiger partial charge in [-0.3, -0.25) is 0 Å². The molecule has 0 amide bonds. The molecule has 1 heterocycles. The maximum atomic E-state index is 3.77. The highest BCUT2D eigenvalue weighted by molar-refractivity contribution is 7.99. The van der Waals surface area contributed by atoms with E-state index < -0.39 is 0 Å². The molecule has 0 spiro atoms. The van der Waals surface area contributed by atoms with Gasteiger partial charge in [0, 0.05) is 30.1 Å². The van der Waals surface area contributed by atoms with Crippen LogP contribution < -0.4 is 5.32 Å². The molecule has 0 radical (unpaired) electrons. The van der Waals surface area contributed by atoms with Crippen molar-refractivity contribution < 1.29 is 0 Å². The smallest absolute Gasteiger partial charge is 0.0303 e. The zero-order valence-corrected chi connectivity index (χ0v) is 12.3. The highest BCUT2D eigenvalue weighted by Crippen LogP contribution is 2.19. The van der Waals surface area contributed by atoms with E-state index in [2.05, 4.69) is 30.6 Å². The Morgan fingerprint density at radius 1 is 1.41 bits per heavy atom. The molecule has 17 heavy (non-hydrogen) atoms. The number of rotatable bonds is 7. The summed E-state index contributed by atoms with van der Waals surface area (Å²) in [6, 6.07) is 0. The highest BCUT2D eigenvalue weighted by atomic mass is 32.2. The first-order chi connectivity index (χ1) is 8.26. The molecule has 1 aliphatic heterocycles. The molecule has 1 rings (SSSR count). The summed E-state index contributed by atoms with van der Waals surface area (Å²) in [5.41, 5.74) is 0.361. The van der Waals surface area contributed by atoms with Crippen molar-refractivity contribution in [2.24, 2.45) is 0 Å². The van der Waals surface area contributed by atoms with Crippen LogP contribution in [0.5, 0.6) is 0 Å². The van der Waals surface area contributed by atoms with E-state index in [9.17, 15) is 0 Å². The number of thioether (sulfide) groups is 1. The summed E-state index contributed by atoms with van der Waals surface area (Å²) in [6.07, 6.45) is 5.75. The van der Waals surface area contributed by atoms with E-state index in [-0.39, 0.29) is 0 Å². The van der Waals surface area contributed by atoms with Crippen molar-refractivity contribution in [1.82, 2.24) is 10.2 Å². The molecule has 100 valence electrons. The second kappa shape index (κ2) is 8.17. The van der Waals surface area contributed by atoms with Crippen molar-refractivity contribution in [3.63, 3.8) is 0 Å². The lowest BCUT2D eigenvalue weighted by Gasteiger charge is -2.35. The van der Waals surface area contributed by atoms with Gasteiger partial charge in [-0.2, -0.15) is 11.8 Å². The lowest BCUT2D eigenvalue weighted by molar-refractivity contribution is 0.205. The van der Waals surface area contributed by atoms with Gasteiger partial charge in [-0.15, -0.1) is 6.58 Å². The maximum Gasteiger partial charge on any atom is 0.0303 e. The highest BCUT2D eigenvalue weighted by Gasteiger charge is 2.29. The fourth-order valence-corrected chi connectivity index (χ4v) is 3.21. The number of nitrogens with one attached hydrogen (secondary N) is 1. The molecule has 0 atom stereocenters. The molecule has 1 aliphatic rings. The summed E-state index contributed by atoms with van der Waals surface area (Å²) in [7, 11) is 0. The molecule has 2 nitrogen and oxygen atoms in total. The molecule has 0 aromatic carbocycles. The van der Waals surface area contributed by atoms with Gasteiger partial charge in [0.25, 0.3) is 0 Å². The zero-order chi connectivity index (χ0) is 12.6. The van der Waals surface area contributed by atoms with Crippen LogP contribution in [0.25, 0.3) is 0 Å². The van der Waals surface area contributed by atoms with E-state index in [0.29, 0.717) is 5.54 Å². The maximum absolute atomic E-state index is 3.77. The molecule has 0 aliphatic carbocycles. The van der Waals surface area contributed by atoms with Gasteiger partial charge in [-0.05, 0) is 32.4 Å². The minimum atomic E-state index is 0.361. The Bertz CT molecular complexity index is 214. The molecule has 1 fully saturated rings. The number of hydrogen-bond acceptors (Lipinski definition) is 3. The normalized spacial score (nSPS) is 21.1. The first-order valence-corrected chi connectivity index (χ1v) is 8.08. The predicted molar refractivity (Wildman–Crippen MR) is 79.9 cm³/mol. The van der Waals surface area contributed by atoms with Crippen LogP contribution in [0, 0.1) is 0 Å². The Hall–Kier alpha value is 0.01000. The van der Waals surface area contributed by atoms with Crippen molar-refractivity contribution in [3.05, 3.63) is 12.7 Å². The Balaban J connectivity index is 2.39. The quantitative estimate of drug-likeness (QED) is 0.557. The SMILES string of the molecule is C=CCSCCN1CCCNC(CC)(CC)C1. The summed E-state index contributed by atoms with van der Waals surface area (Å²) < 4.78 is 0. The van der Waals surface area contributed by atoms with Crippen LogP contribution in [0.2, 0.25) is 0 Å². The van der Waals surface area contributed by atoms with Crippen LogP contribution in [-0.4, -0.2) is 48.1 Å². The minimum absolute atomic E-state index is 0.361. The summed E-state index contributed by atoms with van der Waals surface area (Å²) in [6.45, 7) is 13.3. The average Bonchev–Trinajstić information content (AvgIpc) is 2.58. The second-order valence-corrected chi connectivity index (χ2v) is 6.06. The van der Waals surface area contributed by atoms with E-state index in [4.69, 9.17) is 0 Å². The second-order valence-electron chi connectivity index (χ2n) is 4.91. The zero-order valence-electron chi connectivity index (χ0n) is 11.5. The molecule has 1 N–H and O–H groups in total. The van der Waals surface area contributed by atoms with Gasteiger partial charge in [0.05, 0.1) is 0 Å². The molecule has 1 saturated heterocycles. The number of hydrogen-bond donors (Lipinski definition) is 1. The Labute approximate surface area is 111 Å². The van der Waals surface area contributed by atoms with Crippen LogP contribution in [0.3, 0.4) is 0 Å². The fraction of sp³-hybridized carbons (Fsp3) is 0.857. The molecular formula is C14H28N2S. The predicted octanol–water partition coefficient (Wildman–Crippen LogP) is 2.76. The van der Waals surface area contributed by atoms with Crippen LogP contribution in [0.1, 0.15) is 33.1 Å². The molecule has 0 aromatic heterocycles. The van der Waals surface area contributed by atoms with Crippen molar-refractivity contribution in [3.8, 4) is 0 Å². The van der Waals surface area contributed by atoms with Gasteiger partial charge in [0.1, 0.15) is 0 Å². The lowest BCUT2D eigenvalue weighted by Crippen LogP contribution is -2.50. The monoisotopic (exact) mass is 256 g/mol. The topological polar surface area (TPSA) is 15.3 Å². The van der Waals surface area contributed by atoms with Crippen molar-refractivity contribution in [2.45, 2.75) is 38.6 Å². The molecule has 0 saturated carbocycles. The summed E-state index contributed by atoms with van der Waals surface area (Å²) in [4.78, 5) is 2.64. The van der Waals surface area contributed by atoms with Crippen molar-refractivity contribution >= 4 is 11.8 Å². The van der Waals surface area contributed by atoms with E-state index >= 15 is 0 Å². The standard InChI is InChI=1S/C14H28N2S/c1-4-11-17-12-10-16-9-7-8-15-14(5-2,6-3)13-16/h4,15H,1,5-13H2,2-3H3. The first-order valence-electron chi connectivity index (χ1n) is 6.92. The van der Waals surface area contributed by atoms with Crippen molar-refractivity contribution in [1.29, 1.82) is 0 Å². The van der Waals surface area contributed by atoms with Gasteiger partial charge < -0.3 is 10.2 Å². The average molecular weight is 256 g/mol. The summed E-state index contributed by atoms with van der Waals surface area (Å²) >= 11 is 1.99. The van der Waals surface area contributed by atoms with Crippen LogP contribution in [-0.2, 0) is 0 Å². The van der Waals surface area contributed by atoms with Gasteiger partial charge in [-0.1, -0.05) is 19.9 Å². The van der Waals surface area contributed by atoms with Gasteiger partial charge in [0.2, 0.25) is 0 Å². The third kappa shape index (κ3) is 5.02. The minimum Gasteiger partial charge on any atom is -0.310 e. The summed E-state index contributed by atoms with van der Waals surface area (Å²) in [5, 5.41) is 3.76. The first kappa shape index (κ1) is 15.1. The molecule has 0 aromatic rings. The van der Waals surface area contributed by atoms with E-state index in [1.807, 2.05) is 17.8 Å². The van der Waals surface area contributed by atoms with Crippen LogP contribution >= 0.6 is 11.8 Å². The van der Waals surface area contributed by atoms with E-state index in [0.717, 1.165) is 5.75 Å². The van der Waals surface area contributed by atoms with E-state index in [1.54, 1.807) is 0 Å². The third-order valence-corrected chi connectivity index (χ3v) is 4.76. The van der Waals surface area contributed by atoms with Crippen molar-refractivity contribution in [2.75, 3.05) is 37.7 Å². The molecule has 3 heteroatoms. The summed E-state index contributed by atoms with van der Waals surface area (Å²) in [5.74, 6) is 2.31. The van der Waals surface area contributed by atoms with Gasteiger partial charge in [0.15, 0.2) is 0 Å². The number of nitrogens with zero attached hydrogens (tertiary/aromatic N) is 1. The van der Waals surface area contributed by atoms with Gasteiger partial charge in [-0.25, -0.2) is 0 Å². The van der Waals surface area contributed by atoms with E-state index in [1.165, 1.54) is 51.2 Å².